The summed E-state index contributed by atoms with van der Waals surface area (Å²) in [6.07, 6.45) is 0. The van der Waals surface area contributed by atoms with E-state index in [1.807, 2.05) is 0 Å². The van der Waals surface area contributed by atoms with Crippen LogP contribution in [-0.2, 0) is 0 Å². The van der Waals surface area contributed by atoms with Gasteiger partial charge in [-0.05, 0) is 11.8 Å². The lowest BCUT2D eigenvalue weighted by Gasteiger charge is -1.79. The van der Waals surface area contributed by atoms with Crippen molar-refractivity contribution in [2.75, 3.05) is 0 Å². The highest BCUT2D eigenvalue weighted by Gasteiger charge is 1.68. The topological polar surface area (TPSA) is 0 Å². The summed E-state index contributed by atoms with van der Waals surface area (Å²) in [6, 6.07) is 0. The van der Waals surface area contributed by atoms with Crippen molar-refractivity contribution in [1.29, 1.82) is 0 Å². The lowest BCUT2D eigenvalue weighted by Crippen LogP contribution is -1.66. The second-order valence-electron chi connectivity index (χ2n) is 3.46. The van der Waals surface area contributed by atoms with Gasteiger partial charge in [-0.3, -0.25) is 0 Å². The zero-order chi connectivity index (χ0) is 7.15. The summed E-state index contributed by atoms with van der Waals surface area (Å²) in [6.45, 7) is 13.0. The largest absolute Gasteiger partial charge is 0.0630 e. The van der Waals surface area contributed by atoms with Gasteiger partial charge in [-0.2, -0.15) is 0 Å². The molecule has 0 spiro atoms. The van der Waals surface area contributed by atoms with Gasteiger partial charge in [0.1, 0.15) is 0 Å². The fourth-order valence-electron chi connectivity index (χ4n) is 0. The highest BCUT2D eigenvalue weighted by Crippen LogP contribution is 1.81. The van der Waals surface area contributed by atoms with E-state index in [1.165, 1.54) is 0 Å². The van der Waals surface area contributed by atoms with E-state index in [4.69, 9.17) is 0 Å². The third kappa shape index (κ3) is 1280. The molecule has 0 aliphatic heterocycles. The van der Waals surface area contributed by atoms with Crippen LogP contribution in [0, 0.1) is 11.8 Å². The van der Waals surface area contributed by atoms with Crippen molar-refractivity contribution in [3.8, 4) is 0 Å². The highest BCUT2D eigenvalue weighted by atomic mass is 27.0. The molecule has 0 aromatic rings. The first-order valence-electron chi connectivity index (χ1n) is 3.46. The molecule has 0 unspecified atom stereocenters. The molecule has 0 bridgehead atoms. The van der Waals surface area contributed by atoms with Gasteiger partial charge in [-0.25, -0.2) is 0 Å². The van der Waals surface area contributed by atoms with Crippen LogP contribution in [0.15, 0.2) is 0 Å². The minimum atomic E-state index is 0. The Morgan fingerprint density at radius 1 is 0.556 bits per heavy atom. The Kier molecular flexibility index (Phi) is 20.5. The lowest BCUT2D eigenvalue weighted by molar-refractivity contribution is 0.736. The molecule has 0 aromatic heterocycles. The summed E-state index contributed by atoms with van der Waals surface area (Å²) in [5.74, 6) is 1.67. The predicted molar refractivity (Wildman–Crippen MR) is 46.8 cm³/mol. The maximum atomic E-state index is 2.17. The quantitative estimate of drug-likeness (QED) is 0.457. The van der Waals surface area contributed by atoms with Gasteiger partial charge >= 0.3 is 0 Å². The summed E-state index contributed by atoms with van der Waals surface area (Å²) >= 11 is 0. The normalized spacial score (nSPS) is 8.00. The van der Waals surface area contributed by atoms with Crippen LogP contribution in [-0.4, -0.2) is 17.4 Å². The van der Waals surface area contributed by atoms with Gasteiger partial charge in [0.2, 0.25) is 0 Å². The first-order chi connectivity index (χ1) is 3.46. The van der Waals surface area contributed by atoms with Crippen molar-refractivity contribution in [3.05, 3.63) is 0 Å². The molecule has 9 heavy (non-hydrogen) atoms. The van der Waals surface area contributed by atoms with E-state index in [0.29, 0.717) is 0 Å². The fourth-order valence-corrected chi connectivity index (χ4v) is 0. The van der Waals surface area contributed by atoms with E-state index in [2.05, 4.69) is 41.5 Å². The van der Waals surface area contributed by atoms with Crippen LogP contribution < -0.4 is 0 Å². The highest BCUT2D eigenvalue weighted by molar-refractivity contribution is 5.75. The van der Waals surface area contributed by atoms with E-state index in [1.54, 1.807) is 0 Å². The van der Waals surface area contributed by atoms with Crippen LogP contribution >= 0.6 is 0 Å². The van der Waals surface area contributed by atoms with Gasteiger partial charge in [0, 0.05) is 17.4 Å². The van der Waals surface area contributed by atoms with Gasteiger partial charge in [0.05, 0.1) is 0 Å². The standard InChI is InChI=1S/2C4H10.Al/c2*1-4(2)3;/h2*4H,1-3H3;. The third-order valence-electron chi connectivity index (χ3n) is 0. The average Bonchev–Trinajstić information content (AvgIpc) is 1.25. The number of rotatable bonds is 0. The van der Waals surface area contributed by atoms with E-state index >= 15 is 0 Å². The van der Waals surface area contributed by atoms with Crippen LogP contribution in [0.25, 0.3) is 0 Å². The van der Waals surface area contributed by atoms with Crippen molar-refractivity contribution in [1.82, 2.24) is 0 Å². The smallest absolute Gasteiger partial charge is 0 e. The molecule has 0 saturated carbocycles. The summed E-state index contributed by atoms with van der Waals surface area (Å²) in [5.41, 5.74) is 0. The molecule has 0 atom stereocenters. The minimum absolute atomic E-state index is 0. The molecule has 1 heteroatoms. The third-order valence-corrected chi connectivity index (χ3v) is 0. The van der Waals surface area contributed by atoms with Gasteiger partial charge in [0.25, 0.3) is 0 Å². The van der Waals surface area contributed by atoms with Crippen LogP contribution in [0.1, 0.15) is 41.5 Å². The van der Waals surface area contributed by atoms with E-state index < -0.39 is 0 Å². The van der Waals surface area contributed by atoms with Crippen molar-refractivity contribution in [2.24, 2.45) is 11.8 Å². The minimum Gasteiger partial charge on any atom is -0.0630 e. The molecular weight excluding hydrogens is 123 g/mol. The van der Waals surface area contributed by atoms with E-state index in [9.17, 15) is 0 Å². The van der Waals surface area contributed by atoms with Gasteiger partial charge in [-0.15, -0.1) is 0 Å². The van der Waals surface area contributed by atoms with Crippen LogP contribution in [0.3, 0.4) is 0 Å². The van der Waals surface area contributed by atoms with Crippen LogP contribution in [0.2, 0.25) is 0 Å². The summed E-state index contributed by atoms with van der Waals surface area (Å²) in [4.78, 5) is 0. The molecule has 3 radical (unpaired) electrons. The van der Waals surface area contributed by atoms with Crippen LogP contribution in [0.5, 0.6) is 0 Å². The van der Waals surface area contributed by atoms with Crippen molar-refractivity contribution in [3.63, 3.8) is 0 Å². The first kappa shape index (κ1) is 16.3. The molecule has 0 aliphatic carbocycles. The maximum absolute atomic E-state index is 2.17. The first-order valence-corrected chi connectivity index (χ1v) is 3.46. The molecule has 0 aliphatic rings. The summed E-state index contributed by atoms with van der Waals surface area (Å²) in [5, 5.41) is 0. The zero-order valence-electron chi connectivity index (χ0n) is 7.73. The number of hydrogen-bond acceptors (Lipinski definition) is 0. The Morgan fingerprint density at radius 3 is 0.556 bits per heavy atom. The molecule has 0 amide bonds. The lowest BCUT2D eigenvalue weighted by atomic mass is 10.3. The van der Waals surface area contributed by atoms with Crippen molar-refractivity contribution >= 4 is 17.4 Å². The Balaban J connectivity index is -0.0000000720. The Bertz CT molecular complexity index is 20.0. The van der Waals surface area contributed by atoms with Crippen LogP contribution in [0.4, 0.5) is 0 Å². The second kappa shape index (κ2) is 11.3. The molecular formula is C8H20Al. The van der Waals surface area contributed by atoms with Gasteiger partial charge < -0.3 is 0 Å². The maximum Gasteiger partial charge on any atom is 0 e. The predicted octanol–water partition coefficient (Wildman–Crippen LogP) is 2.94. The van der Waals surface area contributed by atoms with Gasteiger partial charge in [0.15, 0.2) is 0 Å². The molecule has 0 aromatic carbocycles. The van der Waals surface area contributed by atoms with Gasteiger partial charge in [-0.1, -0.05) is 41.5 Å². The zero-order valence-corrected chi connectivity index (χ0v) is 8.89. The molecule has 0 rings (SSSR count). The SMILES string of the molecule is CC(C)C.CC(C)C.[Al]. The Hall–Kier alpha value is 0.532. The Morgan fingerprint density at radius 2 is 0.556 bits per heavy atom. The molecule has 0 nitrogen and oxygen atoms in total. The molecule has 0 N–H and O–H groups in total. The average molecular weight is 143 g/mol. The monoisotopic (exact) mass is 143 g/mol. The van der Waals surface area contributed by atoms with Crippen molar-refractivity contribution < 1.29 is 0 Å². The summed E-state index contributed by atoms with van der Waals surface area (Å²) in [7, 11) is 0. The number of hydrogen-bond donors (Lipinski definition) is 0. The summed E-state index contributed by atoms with van der Waals surface area (Å²) < 4.78 is 0. The van der Waals surface area contributed by atoms with E-state index in [0.717, 1.165) is 11.8 Å². The molecule has 0 heterocycles. The fraction of sp³-hybridized carbons (Fsp3) is 1.00. The van der Waals surface area contributed by atoms with Crippen molar-refractivity contribution in [2.45, 2.75) is 41.5 Å². The molecule has 0 saturated heterocycles. The Labute approximate surface area is 71.2 Å². The second-order valence-corrected chi connectivity index (χ2v) is 3.46. The van der Waals surface area contributed by atoms with E-state index in [-0.39, 0.29) is 17.4 Å². The molecule has 55 valence electrons. The molecule has 0 fully saturated rings.